The third kappa shape index (κ3) is 15.6. The first-order valence-electron chi connectivity index (χ1n) is 13.1. The van der Waals surface area contributed by atoms with Gasteiger partial charge in [-0.05, 0) is 30.5 Å². The van der Waals surface area contributed by atoms with E-state index in [0.29, 0.717) is 5.75 Å². The molecule has 0 saturated carbocycles. The van der Waals surface area contributed by atoms with Crippen LogP contribution in [0.4, 0.5) is 0 Å². The Morgan fingerprint density at radius 3 is 1.37 bits per heavy atom. The number of benzene rings is 1. The molecule has 0 aliphatic heterocycles. The van der Waals surface area contributed by atoms with Crippen LogP contribution in [0.15, 0.2) is 18.2 Å². The van der Waals surface area contributed by atoms with Crippen LogP contribution in [0.3, 0.4) is 0 Å². The van der Waals surface area contributed by atoms with Crippen LogP contribution in [-0.4, -0.2) is 12.2 Å². The minimum Gasteiger partial charge on any atom is -0.508 e. The smallest absolute Gasteiger partial charge is 0.122 e. The van der Waals surface area contributed by atoms with Crippen molar-refractivity contribution in [3.8, 4) is 11.5 Å². The number of aromatic hydroxyl groups is 1. The number of ether oxygens (including phenoxy) is 1. The molecule has 0 heterocycles. The molecule has 0 amide bonds. The van der Waals surface area contributed by atoms with E-state index in [1.165, 1.54) is 128 Å². The van der Waals surface area contributed by atoms with Crippen LogP contribution in [0, 0.1) is 0 Å². The predicted molar refractivity (Wildman–Crippen MR) is 132 cm³/mol. The molecule has 2 nitrogen and oxygen atoms in total. The summed E-state index contributed by atoms with van der Waals surface area (Å²) < 4.78 is 5.22. The van der Waals surface area contributed by atoms with Crippen molar-refractivity contribution >= 4 is 0 Å². The molecule has 0 aliphatic carbocycles. The minimum atomic E-state index is 0.308. The van der Waals surface area contributed by atoms with Crippen LogP contribution in [0.5, 0.6) is 11.5 Å². The lowest BCUT2D eigenvalue weighted by Crippen LogP contribution is -1.89. The highest BCUT2D eigenvalue weighted by atomic mass is 16.5. The van der Waals surface area contributed by atoms with E-state index < -0.39 is 0 Å². The van der Waals surface area contributed by atoms with E-state index in [0.717, 1.165) is 12.2 Å². The Morgan fingerprint density at radius 2 is 0.967 bits per heavy atom. The highest BCUT2D eigenvalue weighted by Crippen LogP contribution is 2.23. The molecule has 1 rings (SSSR count). The van der Waals surface area contributed by atoms with E-state index in [-0.39, 0.29) is 0 Å². The number of unbranched alkanes of at least 4 members (excludes halogenated alkanes) is 18. The molecule has 0 saturated heterocycles. The standard InChI is InChI=1S/C28H50O2/c1-3-4-5-6-7-8-9-10-11-12-13-14-15-16-17-18-19-20-21-22-26-23-27(29)25-28(24-26)30-2/h23-25,29H,3-22H2,1-2H3. The van der Waals surface area contributed by atoms with Crippen molar-refractivity contribution < 1.29 is 9.84 Å². The molecule has 0 bridgehead atoms. The molecule has 0 unspecified atom stereocenters. The fourth-order valence-corrected chi connectivity index (χ4v) is 4.31. The number of phenols is 1. The van der Waals surface area contributed by atoms with Gasteiger partial charge in [0.25, 0.3) is 0 Å². The van der Waals surface area contributed by atoms with Crippen molar-refractivity contribution in [2.24, 2.45) is 0 Å². The Morgan fingerprint density at radius 1 is 0.567 bits per heavy atom. The Bertz CT molecular complexity index is 497. The molecule has 0 radical (unpaired) electrons. The van der Waals surface area contributed by atoms with Crippen LogP contribution in [-0.2, 0) is 6.42 Å². The molecule has 1 N–H and O–H groups in total. The highest BCUT2D eigenvalue weighted by molar-refractivity contribution is 5.37. The minimum absolute atomic E-state index is 0.308. The maximum atomic E-state index is 9.70. The third-order valence-corrected chi connectivity index (χ3v) is 6.26. The average Bonchev–Trinajstić information content (AvgIpc) is 2.75. The van der Waals surface area contributed by atoms with Gasteiger partial charge in [-0.1, -0.05) is 122 Å². The monoisotopic (exact) mass is 418 g/mol. The van der Waals surface area contributed by atoms with Gasteiger partial charge in [-0.25, -0.2) is 0 Å². The van der Waals surface area contributed by atoms with Gasteiger partial charge in [-0.15, -0.1) is 0 Å². The summed E-state index contributed by atoms with van der Waals surface area (Å²) in [5.41, 5.74) is 1.18. The van der Waals surface area contributed by atoms with Crippen LogP contribution in [0.1, 0.15) is 134 Å². The molecule has 1 aromatic carbocycles. The molecule has 0 fully saturated rings. The van der Waals surface area contributed by atoms with E-state index >= 15 is 0 Å². The summed E-state index contributed by atoms with van der Waals surface area (Å²) in [6, 6.07) is 5.56. The summed E-state index contributed by atoms with van der Waals surface area (Å²) in [6.45, 7) is 2.29. The molecular weight excluding hydrogens is 368 g/mol. The first-order valence-corrected chi connectivity index (χ1v) is 13.1. The summed E-state index contributed by atoms with van der Waals surface area (Å²) in [5.74, 6) is 1.06. The van der Waals surface area contributed by atoms with E-state index in [9.17, 15) is 5.11 Å². The highest BCUT2D eigenvalue weighted by Gasteiger charge is 2.01. The third-order valence-electron chi connectivity index (χ3n) is 6.26. The van der Waals surface area contributed by atoms with Gasteiger partial charge < -0.3 is 9.84 Å². The molecule has 1 aromatic rings. The normalized spacial score (nSPS) is 11.1. The molecular formula is C28H50O2. The quantitative estimate of drug-likeness (QED) is 0.201. The predicted octanol–water partition coefficient (Wildman–Crippen LogP) is 9.38. The van der Waals surface area contributed by atoms with Crippen molar-refractivity contribution in [2.45, 2.75) is 135 Å². The first-order chi connectivity index (χ1) is 14.8. The van der Waals surface area contributed by atoms with Crippen LogP contribution >= 0.6 is 0 Å². The van der Waals surface area contributed by atoms with Gasteiger partial charge in [0.15, 0.2) is 0 Å². The number of phenolic OH excluding ortho intramolecular Hbond substituents is 1. The zero-order chi connectivity index (χ0) is 21.7. The summed E-state index contributed by atoms with van der Waals surface area (Å²) >= 11 is 0. The second kappa shape index (κ2) is 19.8. The van der Waals surface area contributed by atoms with Crippen molar-refractivity contribution in [3.05, 3.63) is 23.8 Å². The zero-order valence-electron chi connectivity index (χ0n) is 20.2. The van der Waals surface area contributed by atoms with Gasteiger partial charge in [-0.2, -0.15) is 0 Å². The number of hydrogen-bond donors (Lipinski definition) is 1. The van der Waals surface area contributed by atoms with Gasteiger partial charge in [0.2, 0.25) is 0 Å². The zero-order valence-corrected chi connectivity index (χ0v) is 20.2. The summed E-state index contributed by atoms with van der Waals surface area (Å²) in [5, 5.41) is 9.70. The van der Waals surface area contributed by atoms with Gasteiger partial charge in [-0.3, -0.25) is 0 Å². The van der Waals surface area contributed by atoms with E-state index in [1.807, 2.05) is 12.1 Å². The van der Waals surface area contributed by atoms with E-state index in [4.69, 9.17) is 4.74 Å². The molecule has 30 heavy (non-hydrogen) atoms. The Balaban J connectivity index is 1.78. The summed E-state index contributed by atoms with van der Waals surface area (Å²) in [6.07, 6.45) is 27.8. The lowest BCUT2D eigenvalue weighted by atomic mass is 10.0. The lowest BCUT2D eigenvalue weighted by Gasteiger charge is -2.06. The maximum Gasteiger partial charge on any atom is 0.122 e. The second-order valence-electron chi connectivity index (χ2n) is 9.15. The fourth-order valence-electron chi connectivity index (χ4n) is 4.31. The van der Waals surface area contributed by atoms with Crippen molar-refractivity contribution in [1.29, 1.82) is 0 Å². The molecule has 174 valence electrons. The van der Waals surface area contributed by atoms with Crippen molar-refractivity contribution in [1.82, 2.24) is 0 Å². The lowest BCUT2D eigenvalue weighted by molar-refractivity contribution is 0.406. The van der Waals surface area contributed by atoms with Gasteiger partial charge in [0.05, 0.1) is 7.11 Å². The molecule has 2 heteroatoms. The van der Waals surface area contributed by atoms with Crippen molar-refractivity contribution in [3.63, 3.8) is 0 Å². The second-order valence-corrected chi connectivity index (χ2v) is 9.15. The SMILES string of the molecule is CCCCCCCCCCCCCCCCCCCCCc1cc(O)cc(OC)c1. The first kappa shape index (κ1) is 26.9. The van der Waals surface area contributed by atoms with Crippen LogP contribution < -0.4 is 4.74 Å². The summed E-state index contributed by atoms with van der Waals surface area (Å²) in [7, 11) is 1.65. The number of hydrogen-bond acceptors (Lipinski definition) is 2. The number of rotatable bonds is 21. The Hall–Kier alpha value is -1.18. The van der Waals surface area contributed by atoms with E-state index in [2.05, 4.69) is 6.92 Å². The average molecular weight is 419 g/mol. The molecule has 0 spiro atoms. The van der Waals surface area contributed by atoms with Crippen LogP contribution in [0.2, 0.25) is 0 Å². The van der Waals surface area contributed by atoms with Gasteiger partial charge in [0.1, 0.15) is 11.5 Å². The molecule has 0 aromatic heterocycles. The number of aryl methyl sites for hydroxylation is 1. The topological polar surface area (TPSA) is 29.5 Å². The largest absolute Gasteiger partial charge is 0.508 e. The fraction of sp³-hybridized carbons (Fsp3) is 0.786. The van der Waals surface area contributed by atoms with E-state index in [1.54, 1.807) is 13.2 Å². The van der Waals surface area contributed by atoms with Gasteiger partial charge >= 0.3 is 0 Å². The Labute approximate surface area is 187 Å². The molecule has 0 aliphatic rings. The van der Waals surface area contributed by atoms with Crippen molar-refractivity contribution in [2.75, 3.05) is 7.11 Å². The number of methoxy groups -OCH3 is 1. The van der Waals surface area contributed by atoms with Crippen LogP contribution in [0.25, 0.3) is 0 Å². The molecule has 0 atom stereocenters. The van der Waals surface area contributed by atoms with Gasteiger partial charge in [0, 0.05) is 6.07 Å². The Kier molecular flexibility index (Phi) is 17.7. The summed E-state index contributed by atoms with van der Waals surface area (Å²) in [4.78, 5) is 0. The maximum absolute atomic E-state index is 9.70.